The molecule has 3 heterocycles. The highest BCUT2D eigenvalue weighted by Gasteiger charge is 2.31. The van der Waals surface area contributed by atoms with E-state index in [1.807, 2.05) is 6.92 Å². The van der Waals surface area contributed by atoms with Crippen molar-refractivity contribution in [1.82, 2.24) is 24.5 Å². The van der Waals surface area contributed by atoms with Crippen LogP contribution in [0, 0.1) is 11.3 Å². The number of hydrogen-bond acceptors (Lipinski definition) is 9. The largest absolute Gasteiger partial charge is 0.501 e. The van der Waals surface area contributed by atoms with Crippen LogP contribution in [0.3, 0.4) is 0 Å². The van der Waals surface area contributed by atoms with Gasteiger partial charge in [-0.1, -0.05) is 30.3 Å². The second-order valence-electron chi connectivity index (χ2n) is 8.12. The molecule has 0 aliphatic heterocycles. The number of nitrogens with one attached hydrogen (secondary N) is 1. The van der Waals surface area contributed by atoms with E-state index >= 15 is 0 Å². The number of carbonyl (C=O) groups excluding carboxylic acids is 1. The summed E-state index contributed by atoms with van der Waals surface area (Å²) >= 11 is 0. The summed E-state index contributed by atoms with van der Waals surface area (Å²) < 4.78 is 7.44. The fourth-order valence-electron chi connectivity index (χ4n) is 4.15. The van der Waals surface area contributed by atoms with E-state index in [9.17, 15) is 25.1 Å². The molecule has 4 aromatic rings. The number of aliphatic hydroxyl groups is 1. The first-order valence-electron chi connectivity index (χ1n) is 11.0. The molecule has 12 nitrogen and oxygen atoms in total. The standard InChI is InChI=1S/C24H23N7O5/c1-14(19(16-10-26-31(12-16)7-8-32)18-6-4-3-5-15(18)9-25)22-29-20(21(33)24(35)30(22)2)23(34)28-17-11-27-36-13-17/h3-6,10-14,19,32-33H,7-8H2,1-2H3,(H,28,34)/t14-,19-/m1/s1. The van der Waals surface area contributed by atoms with E-state index in [0.717, 1.165) is 5.56 Å². The third kappa shape index (κ3) is 4.59. The Labute approximate surface area is 205 Å². The van der Waals surface area contributed by atoms with Gasteiger partial charge in [0, 0.05) is 25.1 Å². The first-order valence-corrected chi connectivity index (χ1v) is 11.0. The summed E-state index contributed by atoms with van der Waals surface area (Å²) in [6.07, 6.45) is 5.84. The van der Waals surface area contributed by atoms with Gasteiger partial charge < -0.3 is 20.1 Å². The van der Waals surface area contributed by atoms with Crippen molar-refractivity contribution in [2.24, 2.45) is 7.05 Å². The smallest absolute Gasteiger partial charge is 0.296 e. The third-order valence-corrected chi connectivity index (χ3v) is 5.87. The summed E-state index contributed by atoms with van der Waals surface area (Å²) in [6.45, 7) is 1.99. The Balaban J connectivity index is 1.85. The SMILES string of the molecule is C[C@@H](c1nc(C(=O)Nc2cnoc2)c(O)c(=O)n1C)[C@H](c1cnn(CCO)c1)c1ccccc1C#N. The van der Waals surface area contributed by atoms with Gasteiger partial charge in [0.25, 0.3) is 11.5 Å². The van der Waals surface area contributed by atoms with Crippen molar-refractivity contribution in [1.29, 1.82) is 5.26 Å². The summed E-state index contributed by atoms with van der Waals surface area (Å²) in [6, 6.07) is 9.25. The Morgan fingerprint density at radius 2 is 2.08 bits per heavy atom. The van der Waals surface area contributed by atoms with E-state index in [1.165, 1.54) is 24.1 Å². The maximum absolute atomic E-state index is 12.9. The van der Waals surface area contributed by atoms with Crippen molar-refractivity contribution in [3.8, 4) is 11.8 Å². The monoisotopic (exact) mass is 489 g/mol. The zero-order valence-corrected chi connectivity index (χ0v) is 19.5. The van der Waals surface area contributed by atoms with Crippen LogP contribution in [0.1, 0.15) is 51.8 Å². The van der Waals surface area contributed by atoms with Gasteiger partial charge in [0.05, 0.1) is 37.2 Å². The minimum atomic E-state index is -0.813. The highest BCUT2D eigenvalue weighted by molar-refractivity contribution is 6.04. The normalized spacial score (nSPS) is 12.6. The summed E-state index contributed by atoms with van der Waals surface area (Å²) in [5, 5.41) is 39.7. The lowest BCUT2D eigenvalue weighted by Gasteiger charge is -2.26. The number of carbonyl (C=O) groups is 1. The van der Waals surface area contributed by atoms with Crippen LogP contribution in [-0.2, 0) is 13.6 Å². The molecule has 0 bridgehead atoms. The fraction of sp³-hybridized carbons (Fsp3) is 0.250. The average molecular weight is 489 g/mol. The zero-order chi connectivity index (χ0) is 25.8. The first-order chi connectivity index (χ1) is 17.3. The molecule has 0 saturated heterocycles. The Kier molecular flexibility index (Phi) is 6.93. The van der Waals surface area contributed by atoms with Crippen molar-refractivity contribution in [3.63, 3.8) is 0 Å². The van der Waals surface area contributed by atoms with Crippen LogP contribution >= 0.6 is 0 Å². The van der Waals surface area contributed by atoms with Gasteiger partial charge in [0.2, 0.25) is 5.75 Å². The number of rotatable bonds is 8. The lowest BCUT2D eigenvalue weighted by molar-refractivity contribution is 0.101. The number of aromatic nitrogens is 5. The van der Waals surface area contributed by atoms with Crippen LogP contribution in [0.4, 0.5) is 5.69 Å². The molecule has 0 spiro atoms. The van der Waals surface area contributed by atoms with E-state index < -0.39 is 34.7 Å². The summed E-state index contributed by atoms with van der Waals surface area (Å²) in [4.78, 5) is 30.1. The maximum atomic E-state index is 12.9. The Bertz CT molecular complexity index is 1480. The summed E-state index contributed by atoms with van der Waals surface area (Å²) in [5.41, 5.74) is 0.799. The molecule has 184 valence electrons. The van der Waals surface area contributed by atoms with Gasteiger partial charge in [0.1, 0.15) is 17.8 Å². The van der Waals surface area contributed by atoms with E-state index in [4.69, 9.17) is 4.52 Å². The molecule has 12 heteroatoms. The molecule has 0 unspecified atom stereocenters. The quantitative estimate of drug-likeness (QED) is 0.333. The molecular formula is C24H23N7O5. The molecule has 36 heavy (non-hydrogen) atoms. The van der Waals surface area contributed by atoms with Gasteiger partial charge in [-0.25, -0.2) is 4.98 Å². The van der Waals surface area contributed by atoms with Crippen molar-refractivity contribution < 1.29 is 19.5 Å². The maximum Gasteiger partial charge on any atom is 0.296 e. The number of amides is 1. The molecule has 0 aliphatic carbocycles. The number of aliphatic hydroxyl groups excluding tert-OH is 1. The number of benzene rings is 1. The number of aromatic hydroxyl groups is 1. The van der Waals surface area contributed by atoms with Crippen LogP contribution < -0.4 is 10.9 Å². The fourth-order valence-corrected chi connectivity index (χ4v) is 4.15. The van der Waals surface area contributed by atoms with E-state index in [0.29, 0.717) is 11.1 Å². The zero-order valence-electron chi connectivity index (χ0n) is 19.5. The van der Waals surface area contributed by atoms with Crippen LogP contribution in [0.15, 0.2) is 58.4 Å². The molecule has 3 N–H and O–H groups in total. The lowest BCUT2D eigenvalue weighted by atomic mass is 9.80. The Morgan fingerprint density at radius 3 is 2.78 bits per heavy atom. The van der Waals surface area contributed by atoms with Gasteiger partial charge in [-0.2, -0.15) is 10.4 Å². The molecule has 0 fully saturated rings. The molecule has 3 aromatic heterocycles. The highest BCUT2D eigenvalue weighted by Crippen LogP contribution is 2.39. The number of hydrogen-bond donors (Lipinski definition) is 3. The number of nitriles is 1. The molecule has 0 saturated carbocycles. The van der Waals surface area contributed by atoms with Gasteiger partial charge in [-0.15, -0.1) is 0 Å². The van der Waals surface area contributed by atoms with E-state index in [-0.39, 0.29) is 24.7 Å². The second-order valence-corrected chi connectivity index (χ2v) is 8.12. The molecule has 1 aromatic carbocycles. The third-order valence-electron chi connectivity index (χ3n) is 5.87. The summed E-state index contributed by atoms with van der Waals surface area (Å²) in [5.74, 6) is -2.45. The van der Waals surface area contributed by atoms with Crippen LogP contribution in [0.2, 0.25) is 0 Å². The topological polar surface area (TPSA) is 172 Å². The van der Waals surface area contributed by atoms with Crippen LogP contribution in [-0.4, -0.2) is 47.2 Å². The predicted molar refractivity (Wildman–Crippen MR) is 126 cm³/mol. The number of anilines is 1. The molecule has 1 amide bonds. The van der Waals surface area contributed by atoms with Gasteiger partial charge in [0.15, 0.2) is 5.69 Å². The van der Waals surface area contributed by atoms with Crippen LogP contribution in [0.25, 0.3) is 0 Å². The van der Waals surface area contributed by atoms with Crippen molar-refractivity contribution in [3.05, 3.63) is 87.7 Å². The molecule has 2 atom stereocenters. The average Bonchev–Trinajstić information content (AvgIpc) is 3.56. The molecule has 4 rings (SSSR count). The van der Waals surface area contributed by atoms with Gasteiger partial charge >= 0.3 is 0 Å². The van der Waals surface area contributed by atoms with Gasteiger partial charge in [-0.05, 0) is 17.2 Å². The predicted octanol–water partition coefficient (Wildman–Crippen LogP) is 1.72. The minimum absolute atomic E-state index is 0.102. The first kappa shape index (κ1) is 24.4. The highest BCUT2D eigenvalue weighted by atomic mass is 16.5. The van der Waals surface area contributed by atoms with E-state index in [2.05, 4.69) is 26.6 Å². The molecule has 0 aliphatic rings. The number of nitrogens with zero attached hydrogens (tertiary/aromatic N) is 6. The van der Waals surface area contributed by atoms with Crippen molar-refractivity contribution >= 4 is 11.6 Å². The minimum Gasteiger partial charge on any atom is -0.501 e. The molecule has 0 radical (unpaired) electrons. The summed E-state index contributed by atoms with van der Waals surface area (Å²) in [7, 11) is 1.45. The second kappa shape index (κ2) is 10.2. The Hall–Kier alpha value is -4.76. The van der Waals surface area contributed by atoms with Crippen molar-refractivity contribution in [2.75, 3.05) is 11.9 Å². The molecular weight excluding hydrogens is 466 g/mol. The van der Waals surface area contributed by atoms with E-state index in [1.54, 1.807) is 41.3 Å². The van der Waals surface area contributed by atoms with Crippen molar-refractivity contribution in [2.45, 2.75) is 25.3 Å². The van der Waals surface area contributed by atoms with Crippen LogP contribution in [0.5, 0.6) is 5.75 Å². The lowest BCUT2D eigenvalue weighted by Crippen LogP contribution is -2.29. The van der Waals surface area contributed by atoms with Gasteiger partial charge in [-0.3, -0.25) is 18.8 Å². The Morgan fingerprint density at radius 1 is 1.31 bits per heavy atom.